The van der Waals surface area contributed by atoms with Gasteiger partial charge in [-0.1, -0.05) is 24.3 Å². The molecule has 3 aromatic rings. The Labute approximate surface area is 196 Å². The van der Waals surface area contributed by atoms with Crippen LogP contribution in [0.3, 0.4) is 0 Å². The average molecular weight is 464 g/mol. The fraction of sp³-hybridized carbons (Fsp3) is 0.125. The summed E-state index contributed by atoms with van der Waals surface area (Å²) < 4.78 is 15.9. The number of hydrogen-bond acceptors (Lipinski definition) is 6. The molecule has 0 radical (unpaired) electrons. The predicted octanol–water partition coefficient (Wildman–Crippen LogP) is 3.46. The maximum Gasteiger partial charge on any atom is 0.323 e. The van der Waals surface area contributed by atoms with Crippen molar-refractivity contribution in [3.05, 3.63) is 72.3 Å². The van der Waals surface area contributed by atoms with E-state index in [1.165, 1.54) is 26.4 Å². The third kappa shape index (κ3) is 6.39. The summed E-state index contributed by atoms with van der Waals surface area (Å²) in [5.74, 6) is -0.589. The number of methoxy groups -OCH3 is 2. The Balaban J connectivity index is 1.72. The van der Waals surface area contributed by atoms with Crippen molar-refractivity contribution in [3.63, 3.8) is 0 Å². The first-order chi connectivity index (χ1) is 16.4. The van der Waals surface area contributed by atoms with E-state index in [2.05, 4.69) is 16.0 Å². The molecule has 0 unspecified atom stereocenters. The van der Waals surface area contributed by atoms with E-state index in [0.29, 0.717) is 17.1 Å². The quantitative estimate of drug-likeness (QED) is 0.382. The molecule has 10 nitrogen and oxygen atoms in total. The molecule has 0 atom stereocenters. The van der Waals surface area contributed by atoms with Crippen molar-refractivity contribution in [3.8, 4) is 17.2 Å². The van der Waals surface area contributed by atoms with E-state index in [4.69, 9.17) is 19.9 Å². The first-order valence-corrected chi connectivity index (χ1v) is 10.1. The fourth-order valence-electron chi connectivity index (χ4n) is 2.99. The number of urea groups is 1. The van der Waals surface area contributed by atoms with Crippen molar-refractivity contribution >= 4 is 34.9 Å². The Hall–Kier alpha value is -4.73. The molecule has 0 saturated heterocycles. The zero-order chi connectivity index (χ0) is 24.5. The number of nitrogens with one attached hydrogen (secondary N) is 3. The lowest BCUT2D eigenvalue weighted by Crippen LogP contribution is -2.20. The molecule has 0 aliphatic heterocycles. The molecule has 0 saturated carbocycles. The van der Waals surface area contributed by atoms with Crippen LogP contribution in [-0.4, -0.2) is 38.7 Å². The van der Waals surface area contributed by atoms with E-state index < -0.39 is 17.8 Å². The number of ether oxygens (including phenoxy) is 3. The second kappa shape index (κ2) is 11.2. The molecule has 0 aromatic heterocycles. The molecule has 34 heavy (non-hydrogen) atoms. The van der Waals surface area contributed by atoms with Crippen molar-refractivity contribution in [1.82, 2.24) is 0 Å². The summed E-state index contributed by atoms with van der Waals surface area (Å²) in [6.45, 7) is -0.379. The summed E-state index contributed by atoms with van der Waals surface area (Å²) >= 11 is 0. The molecule has 0 heterocycles. The van der Waals surface area contributed by atoms with Gasteiger partial charge in [0.2, 0.25) is 5.75 Å². The molecule has 0 bridgehead atoms. The van der Waals surface area contributed by atoms with Crippen molar-refractivity contribution in [2.24, 2.45) is 5.73 Å². The van der Waals surface area contributed by atoms with E-state index >= 15 is 0 Å². The third-order valence-corrected chi connectivity index (χ3v) is 4.49. The monoisotopic (exact) mass is 464 g/mol. The normalized spacial score (nSPS) is 10.1. The minimum absolute atomic E-state index is 0.149. The van der Waals surface area contributed by atoms with Crippen molar-refractivity contribution < 1.29 is 28.6 Å². The van der Waals surface area contributed by atoms with Gasteiger partial charge in [-0.05, 0) is 42.5 Å². The highest BCUT2D eigenvalue weighted by molar-refractivity contribution is 6.06. The van der Waals surface area contributed by atoms with E-state index in [0.717, 1.165) is 0 Å². The number of amides is 4. The Morgan fingerprint density at radius 2 is 1.32 bits per heavy atom. The lowest BCUT2D eigenvalue weighted by molar-refractivity contribution is -0.120. The number of benzene rings is 3. The smallest absolute Gasteiger partial charge is 0.323 e. The van der Waals surface area contributed by atoms with Crippen molar-refractivity contribution in [2.75, 3.05) is 36.8 Å². The lowest BCUT2D eigenvalue weighted by Gasteiger charge is -2.15. The largest absolute Gasteiger partial charge is 0.493 e. The molecule has 4 amide bonds. The molecule has 10 heteroatoms. The lowest BCUT2D eigenvalue weighted by atomic mass is 10.1. The average Bonchev–Trinajstić information content (AvgIpc) is 2.82. The summed E-state index contributed by atoms with van der Waals surface area (Å²) in [4.78, 5) is 36.2. The van der Waals surface area contributed by atoms with Gasteiger partial charge in [0.1, 0.15) is 0 Å². The predicted molar refractivity (Wildman–Crippen MR) is 128 cm³/mol. The fourth-order valence-corrected chi connectivity index (χ4v) is 2.99. The van der Waals surface area contributed by atoms with E-state index in [1.807, 2.05) is 18.2 Å². The summed E-state index contributed by atoms with van der Waals surface area (Å²) in [5.41, 5.74) is 6.94. The first kappa shape index (κ1) is 23.9. The molecule has 3 aromatic carbocycles. The number of anilines is 3. The second-order valence-electron chi connectivity index (χ2n) is 6.94. The number of rotatable bonds is 9. The van der Waals surface area contributed by atoms with Gasteiger partial charge in [-0.25, -0.2) is 4.79 Å². The number of hydrogen-bond donors (Lipinski definition) is 4. The molecule has 5 N–H and O–H groups in total. The second-order valence-corrected chi connectivity index (χ2v) is 6.94. The maximum absolute atomic E-state index is 12.9. The van der Waals surface area contributed by atoms with Crippen LogP contribution in [0.25, 0.3) is 0 Å². The van der Waals surface area contributed by atoms with Gasteiger partial charge in [0.25, 0.3) is 11.8 Å². The molecule has 0 aliphatic rings. The summed E-state index contributed by atoms with van der Waals surface area (Å²) in [6.07, 6.45) is 0. The molecular formula is C24H24N4O6. The minimum atomic E-state index is -0.670. The zero-order valence-electron chi connectivity index (χ0n) is 18.6. The minimum Gasteiger partial charge on any atom is -0.493 e. The number of carbonyl (C=O) groups excluding carboxylic acids is 3. The highest BCUT2D eigenvalue weighted by Crippen LogP contribution is 2.38. The van der Waals surface area contributed by atoms with Gasteiger partial charge in [-0.15, -0.1) is 0 Å². The molecule has 3 rings (SSSR count). The van der Waals surface area contributed by atoms with E-state index in [9.17, 15) is 14.4 Å². The van der Waals surface area contributed by atoms with Gasteiger partial charge in [0.05, 0.1) is 14.2 Å². The zero-order valence-corrected chi connectivity index (χ0v) is 18.6. The van der Waals surface area contributed by atoms with Gasteiger partial charge in [-0.3, -0.25) is 9.59 Å². The number of para-hydroxylation sites is 1. The van der Waals surface area contributed by atoms with Crippen LogP contribution in [0.4, 0.5) is 21.9 Å². The Kier molecular flexibility index (Phi) is 7.90. The van der Waals surface area contributed by atoms with Crippen LogP contribution in [0.2, 0.25) is 0 Å². The highest BCUT2D eigenvalue weighted by atomic mass is 16.5. The summed E-state index contributed by atoms with van der Waals surface area (Å²) in [6, 6.07) is 18.2. The van der Waals surface area contributed by atoms with Crippen molar-refractivity contribution in [2.45, 2.75) is 0 Å². The number of nitrogens with two attached hydrogens (primary N) is 1. The van der Waals surface area contributed by atoms with Crippen LogP contribution < -0.4 is 35.9 Å². The van der Waals surface area contributed by atoms with Gasteiger partial charge in [0.15, 0.2) is 18.1 Å². The molecule has 0 fully saturated rings. The Morgan fingerprint density at radius 3 is 1.91 bits per heavy atom. The highest BCUT2D eigenvalue weighted by Gasteiger charge is 2.18. The van der Waals surface area contributed by atoms with Gasteiger partial charge in [0, 0.05) is 22.6 Å². The van der Waals surface area contributed by atoms with E-state index in [1.54, 1.807) is 36.4 Å². The Morgan fingerprint density at radius 1 is 0.765 bits per heavy atom. The van der Waals surface area contributed by atoms with Crippen LogP contribution in [0, 0.1) is 0 Å². The number of carbonyl (C=O) groups is 3. The number of primary amides is 1. The van der Waals surface area contributed by atoms with E-state index in [-0.39, 0.29) is 29.4 Å². The summed E-state index contributed by atoms with van der Waals surface area (Å²) in [7, 11) is 2.78. The van der Waals surface area contributed by atoms with Crippen LogP contribution in [-0.2, 0) is 4.79 Å². The van der Waals surface area contributed by atoms with Crippen LogP contribution in [0.5, 0.6) is 17.2 Å². The van der Waals surface area contributed by atoms with Crippen LogP contribution >= 0.6 is 0 Å². The van der Waals surface area contributed by atoms with Gasteiger partial charge in [-0.2, -0.15) is 0 Å². The van der Waals surface area contributed by atoms with Crippen molar-refractivity contribution in [1.29, 1.82) is 0 Å². The maximum atomic E-state index is 12.9. The third-order valence-electron chi connectivity index (χ3n) is 4.49. The Bertz CT molecular complexity index is 1160. The van der Waals surface area contributed by atoms with Gasteiger partial charge < -0.3 is 35.9 Å². The standard InChI is InChI=1S/C24H24N4O6/c1-32-19-11-15(12-20(33-2)22(19)34-14-21(25)29)23(30)26-17-9-6-10-18(13-17)28-24(31)27-16-7-4-3-5-8-16/h3-13H,14H2,1-2H3,(H2,25,29)(H,26,30)(H2,27,28,31). The SMILES string of the molecule is COc1cc(C(=O)Nc2cccc(NC(=O)Nc3ccccc3)c2)cc(OC)c1OCC(N)=O. The molecule has 0 spiro atoms. The van der Waals surface area contributed by atoms with Crippen LogP contribution in [0.15, 0.2) is 66.7 Å². The molecular weight excluding hydrogens is 440 g/mol. The first-order valence-electron chi connectivity index (χ1n) is 10.1. The molecule has 176 valence electrons. The molecule has 0 aliphatic carbocycles. The van der Waals surface area contributed by atoms with Gasteiger partial charge >= 0.3 is 6.03 Å². The topological polar surface area (TPSA) is 141 Å². The van der Waals surface area contributed by atoms with Crippen LogP contribution in [0.1, 0.15) is 10.4 Å². The summed E-state index contributed by atoms with van der Waals surface area (Å²) in [5, 5.41) is 8.19.